The zero-order valence-electron chi connectivity index (χ0n) is 17.9. The minimum absolute atomic E-state index is 0.0103. The molecule has 3 aromatic rings. The largest absolute Gasteiger partial charge is 0.467 e. The number of furan rings is 1. The highest BCUT2D eigenvalue weighted by molar-refractivity contribution is 5.99. The Morgan fingerprint density at radius 1 is 1.00 bits per heavy atom. The lowest BCUT2D eigenvalue weighted by atomic mass is 10.0. The zero-order chi connectivity index (χ0) is 23.2. The van der Waals surface area contributed by atoms with Gasteiger partial charge in [-0.15, -0.1) is 0 Å². The number of amides is 2. The highest BCUT2D eigenvalue weighted by Crippen LogP contribution is 2.25. The third-order valence-corrected chi connectivity index (χ3v) is 5.66. The van der Waals surface area contributed by atoms with E-state index in [0.29, 0.717) is 36.5 Å². The summed E-state index contributed by atoms with van der Waals surface area (Å²) in [6, 6.07) is 16.6. The van der Waals surface area contributed by atoms with E-state index in [4.69, 9.17) is 4.42 Å². The van der Waals surface area contributed by atoms with Crippen molar-refractivity contribution in [3.05, 3.63) is 93.9 Å². The Hall–Kier alpha value is -4.14. The lowest BCUT2D eigenvalue weighted by molar-refractivity contribution is -0.384. The van der Waals surface area contributed by atoms with Gasteiger partial charge < -0.3 is 20.0 Å². The second kappa shape index (κ2) is 9.99. The number of rotatable bonds is 7. The fourth-order valence-electron chi connectivity index (χ4n) is 3.89. The molecule has 0 radical (unpaired) electrons. The van der Waals surface area contributed by atoms with E-state index in [1.165, 1.54) is 24.3 Å². The van der Waals surface area contributed by atoms with Crippen LogP contribution in [0.1, 0.15) is 39.3 Å². The van der Waals surface area contributed by atoms with Crippen LogP contribution in [0.2, 0.25) is 0 Å². The van der Waals surface area contributed by atoms with Gasteiger partial charge in [-0.3, -0.25) is 19.7 Å². The molecule has 9 heteroatoms. The lowest BCUT2D eigenvalue weighted by Gasteiger charge is -2.34. The molecule has 1 fully saturated rings. The second-order valence-electron chi connectivity index (χ2n) is 7.82. The normalized spacial score (nSPS) is 14.0. The molecule has 2 amide bonds. The predicted octanol–water partition coefficient (Wildman–Crippen LogP) is 3.52. The molecule has 2 aromatic carbocycles. The molecule has 2 heterocycles. The van der Waals surface area contributed by atoms with Crippen LogP contribution < -0.4 is 15.5 Å². The van der Waals surface area contributed by atoms with Gasteiger partial charge in [0, 0.05) is 42.5 Å². The first kappa shape index (κ1) is 22.1. The standard InChI is InChI=1S/C24H24N4O5/c29-23(17-7-9-19(10-8-17)28(31)32)26-18-11-13-27(14-12-18)22-6-2-1-5-21(22)24(30)25-16-20-4-3-15-33-20/h1-10,15,18H,11-14,16H2,(H,25,30)(H,26,29). The number of nitro benzene ring substituents is 1. The summed E-state index contributed by atoms with van der Waals surface area (Å²) in [7, 11) is 0. The van der Waals surface area contributed by atoms with Crippen molar-refractivity contribution in [2.45, 2.75) is 25.4 Å². The Balaban J connectivity index is 1.33. The SMILES string of the molecule is O=C(NC1CCN(c2ccccc2C(=O)NCc2ccco2)CC1)c1ccc([N+](=O)[O-])cc1. The number of para-hydroxylation sites is 1. The van der Waals surface area contributed by atoms with Crippen molar-refractivity contribution in [1.29, 1.82) is 0 Å². The minimum Gasteiger partial charge on any atom is -0.467 e. The maximum atomic E-state index is 12.8. The summed E-state index contributed by atoms with van der Waals surface area (Å²) in [6.07, 6.45) is 3.02. The molecule has 33 heavy (non-hydrogen) atoms. The number of carbonyl (C=O) groups excluding carboxylic acids is 2. The molecule has 1 saturated heterocycles. The summed E-state index contributed by atoms with van der Waals surface area (Å²) in [4.78, 5) is 37.7. The van der Waals surface area contributed by atoms with Gasteiger partial charge in [-0.1, -0.05) is 12.1 Å². The van der Waals surface area contributed by atoms with E-state index in [9.17, 15) is 19.7 Å². The molecule has 1 aromatic heterocycles. The average molecular weight is 448 g/mol. The number of anilines is 1. The molecule has 4 rings (SSSR count). The number of nitro groups is 1. The van der Waals surface area contributed by atoms with Crippen molar-refractivity contribution in [1.82, 2.24) is 10.6 Å². The molecule has 1 aliphatic rings. The molecule has 0 bridgehead atoms. The number of nitrogens with zero attached hydrogens (tertiary/aromatic N) is 2. The number of benzene rings is 2. The smallest absolute Gasteiger partial charge is 0.269 e. The second-order valence-corrected chi connectivity index (χ2v) is 7.82. The average Bonchev–Trinajstić information content (AvgIpc) is 3.37. The highest BCUT2D eigenvalue weighted by Gasteiger charge is 2.24. The lowest BCUT2D eigenvalue weighted by Crippen LogP contribution is -2.45. The molecule has 9 nitrogen and oxygen atoms in total. The molecular formula is C24H24N4O5. The van der Waals surface area contributed by atoms with Crippen molar-refractivity contribution in [2.75, 3.05) is 18.0 Å². The maximum absolute atomic E-state index is 12.8. The number of carbonyl (C=O) groups is 2. The van der Waals surface area contributed by atoms with Crippen molar-refractivity contribution in [2.24, 2.45) is 0 Å². The number of non-ortho nitro benzene ring substituents is 1. The van der Waals surface area contributed by atoms with Crippen LogP contribution in [0.5, 0.6) is 0 Å². The van der Waals surface area contributed by atoms with Crippen LogP contribution in [0.15, 0.2) is 71.3 Å². The Morgan fingerprint density at radius 3 is 2.39 bits per heavy atom. The van der Waals surface area contributed by atoms with E-state index in [0.717, 1.165) is 18.5 Å². The highest BCUT2D eigenvalue weighted by atomic mass is 16.6. The molecule has 2 N–H and O–H groups in total. The molecule has 0 atom stereocenters. The van der Waals surface area contributed by atoms with Crippen molar-refractivity contribution >= 4 is 23.2 Å². The van der Waals surface area contributed by atoms with Crippen LogP contribution >= 0.6 is 0 Å². The summed E-state index contributed by atoms with van der Waals surface area (Å²) >= 11 is 0. The van der Waals surface area contributed by atoms with Crippen molar-refractivity contribution in [3.63, 3.8) is 0 Å². The van der Waals surface area contributed by atoms with Crippen molar-refractivity contribution in [3.8, 4) is 0 Å². The summed E-state index contributed by atoms with van der Waals surface area (Å²) in [6.45, 7) is 1.69. The van der Waals surface area contributed by atoms with Gasteiger partial charge in [0.2, 0.25) is 0 Å². The number of hydrogen-bond donors (Lipinski definition) is 2. The van der Waals surface area contributed by atoms with Crippen LogP contribution in [-0.4, -0.2) is 35.9 Å². The van der Waals surface area contributed by atoms with Gasteiger partial charge >= 0.3 is 0 Å². The summed E-state index contributed by atoms with van der Waals surface area (Å²) in [5.41, 5.74) is 1.79. The van der Waals surface area contributed by atoms with E-state index in [1.807, 2.05) is 24.3 Å². The summed E-state index contributed by atoms with van der Waals surface area (Å²) in [5, 5.41) is 16.7. The van der Waals surface area contributed by atoms with Gasteiger partial charge in [-0.25, -0.2) is 0 Å². The van der Waals surface area contributed by atoms with Crippen LogP contribution in [0.25, 0.3) is 0 Å². The monoisotopic (exact) mass is 448 g/mol. The Morgan fingerprint density at radius 2 is 1.73 bits per heavy atom. The Bertz CT molecular complexity index is 1120. The Labute approximate surface area is 190 Å². The van der Waals surface area contributed by atoms with E-state index in [2.05, 4.69) is 15.5 Å². The van der Waals surface area contributed by atoms with E-state index in [-0.39, 0.29) is 23.5 Å². The predicted molar refractivity (Wildman–Crippen MR) is 122 cm³/mol. The molecule has 0 unspecified atom stereocenters. The first-order valence-electron chi connectivity index (χ1n) is 10.7. The zero-order valence-corrected chi connectivity index (χ0v) is 17.9. The van der Waals surface area contributed by atoms with Gasteiger partial charge in [0.1, 0.15) is 5.76 Å². The van der Waals surface area contributed by atoms with Gasteiger partial charge in [0.15, 0.2) is 0 Å². The van der Waals surface area contributed by atoms with Gasteiger partial charge in [0.25, 0.3) is 17.5 Å². The first-order chi connectivity index (χ1) is 16.0. The van der Waals surface area contributed by atoms with Crippen LogP contribution in [0, 0.1) is 10.1 Å². The maximum Gasteiger partial charge on any atom is 0.269 e. The van der Waals surface area contributed by atoms with Crippen LogP contribution in [0.3, 0.4) is 0 Å². The van der Waals surface area contributed by atoms with Crippen molar-refractivity contribution < 1.29 is 18.9 Å². The molecule has 170 valence electrons. The quantitative estimate of drug-likeness (QED) is 0.422. The van der Waals surface area contributed by atoms with E-state index >= 15 is 0 Å². The third-order valence-electron chi connectivity index (χ3n) is 5.66. The Kier molecular flexibility index (Phi) is 6.68. The summed E-state index contributed by atoms with van der Waals surface area (Å²) < 4.78 is 5.27. The van der Waals surface area contributed by atoms with Gasteiger partial charge in [0.05, 0.1) is 23.3 Å². The van der Waals surface area contributed by atoms with Crippen LogP contribution in [-0.2, 0) is 6.54 Å². The number of piperidine rings is 1. The van der Waals surface area contributed by atoms with E-state index < -0.39 is 4.92 Å². The molecular weight excluding hydrogens is 424 g/mol. The fourth-order valence-corrected chi connectivity index (χ4v) is 3.89. The van der Waals surface area contributed by atoms with Gasteiger partial charge in [-0.05, 0) is 49.2 Å². The fraction of sp³-hybridized carbons (Fsp3) is 0.250. The number of hydrogen-bond acceptors (Lipinski definition) is 6. The first-order valence-corrected chi connectivity index (χ1v) is 10.7. The molecule has 0 saturated carbocycles. The summed E-state index contributed by atoms with van der Waals surface area (Å²) in [5.74, 6) is 0.266. The topological polar surface area (TPSA) is 118 Å². The third kappa shape index (κ3) is 5.38. The van der Waals surface area contributed by atoms with E-state index in [1.54, 1.807) is 18.4 Å². The molecule has 0 spiro atoms. The minimum atomic E-state index is -0.494. The molecule has 0 aliphatic carbocycles. The molecule has 1 aliphatic heterocycles. The van der Waals surface area contributed by atoms with Gasteiger partial charge in [-0.2, -0.15) is 0 Å². The van der Waals surface area contributed by atoms with Crippen LogP contribution in [0.4, 0.5) is 11.4 Å². The number of nitrogens with one attached hydrogen (secondary N) is 2.